The number of nitrogens with one attached hydrogen (secondary N) is 2. The number of quaternary nitrogens is 2. The highest BCUT2D eigenvalue weighted by Gasteiger charge is 2.34. The van der Waals surface area contributed by atoms with E-state index in [-0.39, 0.29) is 0 Å². The summed E-state index contributed by atoms with van der Waals surface area (Å²) in [4.78, 5) is 39.5. The fourth-order valence-electron chi connectivity index (χ4n) is 5.08. The van der Waals surface area contributed by atoms with Crippen molar-refractivity contribution >= 4 is 23.9 Å². The van der Waals surface area contributed by atoms with Gasteiger partial charge < -0.3 is 49.3 Å². The smallest absolute Gasteiger partial charge is 0.351 e. The van der Waals surface area contributed by atoms with E-state index in [1.54, 1.807) is 24.0 Å². The number of piperidine rings is 1. The van der Waals surface area contributed by atoms with E-state index in [1.807, 2.05) is 0 Å². The number of hydrogen-bond acceptors (Lipinski definition) is 8. The highest BCUT2D eigenvalue weighted by atomic mass is 16.5. The lowest BCUT2D eigenvalue weighted by Gasteiger charge is -2.37. The van der Waals surface area contributed by atoms with E-state index >= 15 is 0 Å². The van der Waals surface area contributed by atoms with E-state index in [0.29, 0.717) is 0 Å². The maximum absolute atomic E-state index is 9.04. The minimum atomic E-state index is -2.07. The van der Waals surface area contributed by atoms with Crippen molar-refractivity contribution in [3.63, 3.8) is 0 Å². The van der Waals surface area contributed by atoms with Crippen LogP contribution in [0.2, 0.25) is 0 Å². The first-order valence-electron chi connectivity index (χ1n) is 12.8. The van der Waals surface area contributed by atoms with Crippen LogP contribution in [-0.4, -0.2) is 74.0 Å². The molecular formula is C28H36N2O10. The van der Waals surface area contributed by atoms with Gasteiger partial charge in [0.15, 0.2) is 23.4 Å². The van der Waals surface area contributed by atoms with Gasteiger partial charge in [0.25, 0.3) is 0 Å². The number of benzene rings is 2. The van der Waals surface area contributed by atoms with Crippen molar-refractivity contribution in [1.29, 1.82) is 0 Å². The van der Waals surface area contributed by atoms with Gasteiger partial charge in [0.1, 0.15) is 25.7 Å². The topological polar surface area (TPSA) is 182 Å². The largest absolute Gasteiger partial charge is 0.539 e. The molecule has 0 spiro atoms. The van der Waals surface area contributed by atoms with Crippen molar-refractivity contribution in [3.05, 3.63) is 58.7 Å². The molecule has 3 unspecified atom stereocenters. The first-order valence-corrected chi connectivity index (χ1v) is 12.8. The summed E-state index contributed by atoms with van der Waals surface area (Å²) in [6.45, 7) is 8.33. The number of carboxylic acid groups (broad SMARTS) is 4. The molecule has 40 heavy (non-hydrogen) atoms. The number of aliphatic carboxylic acids is 4. The minimum absolute atomic E-state index is 0.758. The van der Waals surface area contributed by atoms with Crippen molar-refractivity contribution in [2.75, 3.05) is 33.9 Å². The van der Waals surface area contributed by atoms with Crippen LogP contribution >= 0.6 is 0 Å². The van der Waals surface area contributed by atoms with Crippen LogP contribution in [0.15, 0.2) is 36.4 Å². The van der Waals surface area contributed by atoms with Crippen molar-refractivity contribution in [3.8, 4) is 11.5 Å². The van der Waals surface area contributed by atoms with Crippen LogP contribution < -0.4 is 29.5 Å². The molecule has 2 aromatic rings. The number of carbonyl (C=O) groups excluding carboxylic acids is 2. The van der Waals surface area contributed by atoms with E-state index in [9.17, 15) is 0 Å². The van der Waals surface area contributed by atoms with Gasteiger partial charge in [0.2, 0.25) is 0 Å². The number of methoxy groups -OCH3 is 2. The Hall–Kier alpha value is -4.16. The summed E-state index contributed by atoms with van der Waals surface area (Å²) in [6.07, 6.45) is 3.83. The predicted octanol–water partition coefficient (Wildman–Crippen LogP) is -3.16. The zero-order chi connectivity index (χ0) is 29.8. The maximum Gasteiger partial charge on any atom is 0.351 e. The molecule has 0 amide bonds. The average Bonchev–Trinajstić information content (AvgIpc) is 2.94. The van der Waals surface area contributed by atoms with Gasteiger partial charge in [-0.15, -0.1) is 0 Å². The predicted molar refractivity (Wildman–Crippen MR) is 137 cm³/mol. The highest BCUT2D eigenvalue weighted by Crippen LogP contribution is 2.31. The number of ether oxygens (including phenoxy) is 2. The van der Waals surface area contributed by atoms with Crippen LogP contribution in [0.25, 0.3) is 0 Å². The van der Waals surface area contributed by atoms with E-state index in [2.05, 4.69) is 43.3 Å². The summed E-state index contributed by atoms with van der Waals surface area (Å²) < 4.78 is 11.0. The molecule has 0 bridgehead atoms. The lowest BCUT2D eigenvalue weighted by atomic mass is 9.95. The van der Waals surface area contributed by atoms with Crippen molar-refractivity contribution in [2.45, 2.75) is 45.3 Å². The molecule has 1 fully saturated rings. The van der Waals surface area contributed by atoms with E-state index in [0.717, 1.165) is 37.1 Å². The van der Waals surface area contributed by atoms with Gasteiger partial charge in [-0.25, -0.2) is 9.59 Å². The molecule has 12 heteroatoms. The van der Waals surface area contributed by atoms with Crippen LogP contribution in [0.1, 0.15) is 35.1 Å². The zero-order valence-corrected chi connectivity index (χ0v) is 22.9. The number of hydrogen-bond donors (Lipinski definition) is 4. The normalized spacial score (nSPS) is 19.3. The number of carboxylic acids is 4. The lowest BCUT2D eigenvalue weighted by molar-refractivity contribution is -0.998. The summed E-state index contributed by atoms with van der Waals surface area (Å²) in [5.74, 6) is -6.30. The first kappa shape index (κ1) is 32.1. The Morgan fingerprint density at radius 1 is 0.925 bits per heavy atom. The molecule has 2 aromatic carbocycles. The molecular weight excluding hydrogens is 524 g/mol. The third kappa shape index (κ3) is 9.54. The summed E-state index contributed by atoms with van der Waals surface area (Å²) in [7, 11) is 3.45. The van der Waals surface area contributed by atoms with Crippen LogP contribution in [0.4, 0.5) is 0 Å². The molecule has 0 aliphatic carbocycles. The van der Waals surface area contributed by atoms with Crippen LogP contribution in [-0.2, 0) is 38.7 Å². The maximum atomic E-state index is 9.04. The number of aryl methyl sites for hydroxylation is 1. The molecule has 2 aliphatic rings. The van der Waals surface area contributed by atoms with Gasteiger partial charge in [0, 0.05) is 30.4 Å². The molecule has 0 radical (unpaired) electrons. The fourth-order valence-corrected chi connectivity index (χ4v) is 5.08. The minimum Gasteiger partial charge on any atom is -0.539 e. The van der Waals surface area contributed by atoms with Gasteiger partial charge in [-0.05, 0) is 30.2 Å². The Balaban J connectivity index is 0.000000393. The second kappa shape index (κ2) is 15.4. The van der Waals surface area contributed by atoms with Gasteiger partial charge in [-0.3, -0.25) is 0 Å². The average molecular weight is 561 g/mol. The Labute approximate surface area is 232 Å². The van der Waals surface area contributed by atoms with E-state index in [1.165, 1.54) is 54.7 Å². The van der Waals surface area contributed by atoms with Crippen LogP contribution in [0.3, 0.4) is 0 Å². The Morgan fingerprint density at radius 2 is 1.48 bits per heavy atom. The highest BCUT2D eigenvalue weighted by molar-refractivity contribution is 6.26. The molecule has 1 saturated heterocycles. The summed E-state index contributed by atoms with van der Waals surface area (Å²) in [5.41, 5.74) is 5.80. The molecule has 4 rings (SSSR count). The third-order valence-corrected chi connectivity index (χ3v) is 7.09. The number of carbonyl (C=O) groups is 4. The van der Waals surface area contributed by atoms with Crippen molar-refractivity contribution < 1.29 is 58.9 Å². The standard InChI is InChI=1S/C24H32N2O2.2C2H2O4/c1-18-7-4-5-8-20(18)15-25-11-6-9-22(17-25)26-12-10-19-13-23(27-2)24(28-3)14-21(19)16-26;2*3-1(4)2(5)6/h4-5,7-8,13-14,22H,6,9-12,15-17H2,1-3H3;2*(H,3,4)(H,5,6). The monoisotopic (exact) mass is 560 g/mol. The van der Waals surface area contributed by atoms with Crippen molar-refractivity contribution in [2.24, 2.45) is 0 Å². The number of fused-ring (bicyclic) bond motifs is 1. The Kier molecular flexibility index (Phi) is 12.4. The summed E-state index contributed by atoms with van der Waals surface area (Å²) >= 11 is 0. The zero-order valence-electron chi connectivity index (χ0n) is 22.9. The molecule has 218 valence electrons. The van der Waals surface area contributed by atoms with Gasteiger partial charge in [-0.2, -0.15) is 0 Å². The molecule has 3 atom stereocenters. The Morgan fingerprint density at radius 3 is 2.00 bits per heavy atom. The summed E-state index contributed by atoms with van der Waals surface area (Å²) in [6, 6.07) is 14.0. The third-order valence-electron chi connectivity index (χ3n) is 7.09. The van der Waals surface area contributed by atoms with Gasteiger partial charge in [0.05, 0.1) is 27.3 Å². The first-order chi connectivity index (χ1) is 19.0. The fraction of sp³-hybridized carbons (Fsp3) is 0.429. The number of likely N-dealkylation sites (tertiary alicyclic amines) is 1. The second-order valence-corrected chi connectivity index (χ2v) is 9.64. The summed E-state index contributed by atoms with van der Waals surface area (Å²) in [5, 5.41) is 32.6. The van der Waals surface area contributed by atoms with Crippen LogP contribution in [0, 0.1) is 6.92 Å². The molecule has 2 heterocycles. The van der Waals surface area contributed by atoms with E-state index in [4.69, 9.17) is 49.1 Å². The number of rotatable bonds is 5. The second-order valence-electron chi connectivity index (χ2n) is 9.64. The molecule has 12 nitrogen and oxygen atoms in total. The molecule has 2 aliphatic heterocycles. The molecule has 0 saturated carbocycles. The quantitative estimate of drug-likeness (QED) is 0.273. The molecule has 0 aromatic heterocycles. The van der Waals surface area contributed by atoms with Gasteiger partial charge in [-0.1, -0.05) is 24.3 Å². The van der Waals surface area contributed by atoms with E-state index < -0.39 is 23.9 Å². The Bertz CT molecular complexity index is 1150. The van der Waals surface area contributed by atoms with Crippen molar-refractivity contribution in [1.82, 2.24) is 0 Å². The van der Waals surface area contributed by atoms with Gasteiger partial charge >= 0.3 is 11.9 Å². The SMILES string of the molecule is COc1cc2c(cc1OC)C[NH+](C1CCC[NH+](Cc3ccccc3C)C1)CC2.O=C([O-])C(=O)O.O=C([O-])C(=O)O. The molecule has 4 N–H and O–H groups in total. The lowest BCUT2D eigenvalue weighted by Crippen LogP contribution is -3.24. The van der Waals surface area contributed by atoms with Crippen LogP contribution in [0.5, 0.6) is 11.5 Å².